The fraction of sp³-hybridized carbons (Fsp3) is 0.400. The lowest BCUT2D eigenvalue weighted by Crippen LogP contribution is -2.44. The molecular weight excluding hydrogens is 397 g/mol. The van der Waals surface area contributed by atoms with E-state index in [0.717, 1.165) is 11.8 Å². The number of rotatable bonds is 6. The van der Waals surface area contributed by atoms with Gasteiger partial charge in [0, 0.05) is 25.6 Å². The van der Waals surface area contributed by atoms with Gasteiger partial charge in [-0.15, -0.1) is 0 Å². The standard InChI is InChI=1S/C20H22FN3O4S/c1-29(26,27)20(21)10-15(14-5-3-2-4-6-14)7-8-16(20)9-17(11-22)24-19(25)18-12-23-13-28-18/h2-8,17-18,23H,9-10,12-13H2,1H3,(H,24,25)/t17?,18-,20?/m0/s1. The molecule has 0 spiro atoms. The van der Waals surface area contributed by atoms with Gasteiger partial charge < -0.3 is 10.1 Å². The summed E-state index contributed by atoms with van der Waals surface area (Å²) in [5, 5.41) is 12.1. The molecule has 2 N–H and O–H groups in total. The highest BCUT2D eigenvalue weighted by Crippen LogP contribution is 2.42. The third-order valence-corrected chi connectivity index (χ3v) is 6.60. The van der Waals surface area contributed by atoms with Crippen LogP contribution in [0.3, 0.4) is 0 Å². The molecule has 2 unspecified atom stereocenters. The summed E-state index contributed by atoms with van der Waals surface area (Å²) in [6.07, 6.45) is 2.56. The average Bonchev–Trinajstić information content (AvgIpc) is 3.23. The summed E-state index contributed by atoms with van der Waals surface area (Å²) < 4.78 is 45.8. The summed E-state index contributed by atoms with van der Waals surface area (Å²) in [6.45, 7) is 0.543. The molecule has 1 heterocycles. The number of hydrogen-bond donors (Lipinski definition) is 2. The Kier molecular flexibility index (Phi) is 6.17. The highest BCUT2D eigenvalue weighted by Gasteiger charge is 2.47. The van der Waals surface area contributed by atoms with Crippen LogP contribution in [0.4, 0.5) is 4.39 Å². The molecule has 1 amide bonds. The summed E-state index contributed by atoms with van der Waals surface area (Å²) in [5.41, 5.74) is 1.21. The molecule has 1 fully saturated rings. The molecule has 9 heteroatoms. The zero-order valence-electron chi connectivity index (χ0n) is 15.9. The number of hydrogen-bond acceptors (Lipinski definition) is 6. The van der Waals surface area contributed by atoms with Crippen molar-refractivity contribution in [2.45, 2.75) is 30.0 Å². The number of nitrogens with one attached hydrogen (secondary N) is 2. The zero-order chi connectivity index (χ0) is 21.1. The first kappa shape index (κ1) is 21.2. The molecule has 154 valence electrons. The highest BCUT2D eigenvalue weighted by atomic mass is 32.2. The SMILES string of the molecule is CS(=O)(=O)C1(F)CC(c2ccccc2)=CC=C1CC(C#N)NC(=O)[C@@H]1CNCO1. The van der Waals surface area contributed by atoms with E-state index in [9.17, 15) is 18.5 Å². The molecule has 29 heavy (non-hydrogen) atoms. The van der Waals surface area contributed by atoms with Crippen LogP contribution in [-0.4, -0.2) is 51.0 Å². The summed E-state index contributed by atoms with van der Waals surface area (Å²) in [5.74, 6) is -0.498. The lowest BCUT2D eigenvalue weighted by Gasteiger charge is -2.31. The predicted octanol–water partition coefficient (Wildman–Crippen LogP) is 1.45. The monoisotopic (exact) mass is 419 g/mol. The van der Waals surface area contributed by atoms with Crippen molar-refractivity contribution in [3.8, 4) is 6.07 Å². The van der Waals surface area contributed by atoms with Gasteiger partial charge in [0.15, 0.2) is 9.84 Å². The highest BCUT2D eigenvalue weighted by molar-refractivity contribution is 7.92. The van der Waals surface area contributed by atoms with E-state index in [-0.39, 0.29) is 25.1 Å². The maximum Gasteiger partial charge on any atom is 0.251 e. The van der Waals surface area contributed by atoms with Crippen molar-refractivity contribution in [2.75, 3.05) is 19.5 Å². The Morgan fingerprint density at radius 3 is 2.72 bits per heavy atom. The van der Waals surface area contributed by atoms with E-state index >= 15 is 4.39 Å². The molecule has 0 saturated carbocycles. The van der Waals surface area contributed by atoms with E-state index in [4.69, 9.17) is 4.74 Å². The van der Waals surface area contributed by atoms with Gasteiger partial charge in [0.05, 0.1) is 12.8 Å². The normalized spacial score (nSPS) is 25.5. The maximum atomic E-state index is 15.9. The van der Waals surface area contributed by atoms with Crippen LogP contribution in [0.15, 0.2) is 48.1 Å². The van der Waals surface area contributed by atoms with E-state index in [2.05, 4.69) is 10.6 Å². The van der Waals surface area contributed by atoms with E-state index in [1.165, 1.54) is 6.08 Å². The molecular formula is C20H22FN3O4S. The third kappa shape index (κ3) is 4.56. The van der Waals surface area contributed by atoms with Gasteiger partial charge >= 0.3 is 0 Å². The molecule has 3 rings (SSSR count). The van der Waals surface area contributed by atoms with Crippen LogP contribution in [0.2, 0.25) is 0 Å². The van der Waals surface area contributed by atoms with Crippen LogP contribution in [0.5, 0.6) is 0 Å². The van der Waals surface area contributed by atoms with Gasteiger partial charge in [-0.2, -0.15) is 5.26 Å². The minimum absolute atomic E-state index is 0.0583. The Balaban J connectivity index is 1.85. The fourth-order valence-electron chi connectivity index (χ4n) is 3.37. The van der Waals surface area contributed by atoms with Crippen LogP contribution >= 0.6 is 0 Å². The minimum atomic E-state index is -4.15. The molecule has 1 aliphatic carbocycles. The second kappa shape index (κ2) is 8.45. The number of amides is 1. The number of benzene rings is 1. The first-order valence-electron chi connectivity index (χ1n) is 9.11. The van der Waals surface area contributed by atoms with Crippen molar-refractivity contribution in [3.05, 3.63) is 53.6 Å². The quantitative estimate of drug-likeness (QED) is 0.723. The zero-order valence-corrected chi connectivity index (χ0v) is 16.7. The third-order valence-electron chi connectivity index (χ3n) is 5.02. The number of alkyl halides is 1. The van der Waals surface area contributed by atoms with Gasteiger partial charge in [0.1, 0.15) is 12.1 Å². The van der Waals surface area contributed by atoms with Gasteiger partial charge in [-0.1, -0.05) is 42.5 Å². The van der Waals surface area contributed by atoms with Crippen LogP contribution in [-0.2, 0) is 19.4 Å². The van der Waals surface area contributed by atoms with E-state index < -0.39 is 32.9 Å². The first-order valence-corrected chi connectivity index (χ1v) is 11.0. The van der Waals surface area contributed by atoms with Crippen LogP contribution in [0, 0.1) is 11.3 Å². The van der Waals surface area contributed by atoms with Crippen molar-refractivity contribution in [3.63, 3.8) is 0 Å². The number of halogens is 1. The molecule has 1 saturated heterocycles. The predicted molar refractivity (Wildman–Crippen MR) is 106 cm³/mol. The number of ether oxygens (including phenoxy) is 1. The second-order valence-electron chi connectivity index (χ2n) is 7.08. The van der Waals surface area contributed by atoms with E-state index in [1.807, 2.05) is 12.1 Å². The number of carbonyl (C=O) groups is 1. The molecule has 0 aromatic heterocycles. The topological polar surface area (TPSA) is 108 Å². The number of nitriles is 1. The first-order chi connectivity index (χ1) is 13.7. The van der Waals surface area contributed by atoms with Crippen LogP contribution in [0.1, 0.15) is 18.4 Å². The number of carbonyl (C=O) groups excluding carboxylic acids is 1. The van der Waals surface area contributed by atoms with Gasteiger partial charge in [-0.3, -0.25) is 10.1 Å². The van der Waals surface area contributed by atoms with Crippen molar-refractivity contribution in [1.82, 2.24) is 10.6 Å². The lowest BCUT2D eigenvalue weighted by molar-refractivity contribution is -0.129. The fourth-order valence-corrected chi connectivity index (χ4v) is 4.42. The number of nitrogens with zero attached hydrogens (tertiary/aromatic N) is 1. The lowest BCUT2D eigenvalue weighted by atomic mass is 9.88. The Labute approximate surface area is 169 Å². The smallest absolute Gasteiger partial charge is 0.251 e. The van der Waals surface area contributed by atoms with Crippen molar-refractivity contribution < 1.29 is 22.3 Å². The summed E-state index contributed by atoms with van der Waals surface area (Å²) in [6, 6.07) is 9.78. The van der Waals surface area contributed by atoms with Crippen molar-refractivity contribution >= 4 is 21.3 Å². The minimum Gasteiger partial charge on any atom is -0.352 e. The Bertz CT molecular complexity index is 979. The average molecular weight is 419 g/mol. The second-order valence-corrected chi connectivity index (χ2v) is 9.27. The Morgan fingerprint density at radius 2 is 2.14 bits per heavy atom. The molecule has 1 aliphatic heterocycles. The molecule has 0 bridgehead atoms. The Hall–Kier alpha value is -2.54. The molecule has 0 radical (unpaired) electrons. The van der Waals surface area contributed by atoms with E-state index in [0.29, 0.717) is 12.1 Å². The maximum absolute atomic E-state index is 15.9. The largest absolute Gasteiger partial charge is 0.352 e. The van der Waals surface area contributed by atoms with Crippen LogP contribution < -0.4 is 10.6 Å². The van der Waals surface area contributed by atoms with Crippen LogP contribution in [0.25, 0.3) is 5.57 Å². The molecule has 2 aliphatic rings. The van der Waals surface area contributed by atoms with Gasteiger partial charge in [-0.05, 0) is 16.7 Å². The van der Waals surface area contributed by atoms with Gasteiger partial charge in [0.2, 0.25) is 5.00 Å². The molecule has 3 atom stereocenters. The van der Waals surface area contributed by atoms with Gasteiger partial charge in [0.25, 0.3) is 5.91 Å². The summed E-state index contributed by atoms with van der Waals surface area (Å²) in [4.78, 5) is 12.2. The van der Waals surface area contributed by atoms with Crippen molar-refractivity contribution in [2.24, 2.45) is 0 Å². The molecule has 1 aromatic carbocycles. The van der Waals surface area contributed by atoms with Crippen molar-refractivity contribution in [1.29, 1.82) is 5.26 Å². The van der Waals surface area contributed by atoms with Gasteiger partial charge in [-0.25, -0.2) is 12.8 Å². The Morgan fingerprint density at radius 1 is 1.41 bits per heavy atom. The van der Waals surface area contributed by atoms with E-state index in [1.54, 1.807) is 30.3 Å². The number of sulfone groups is 1. The molecule has 7 nitrogen and oxygen atoms in total. The summed E-state index contributed by atoms with van der Waals surface area (Å²) >= 11 is 0. The number of allylic oxidation sites excluding steroid dienone is 3. The molecule has 1 aromatic rings. The summed E-state index contributed by atoms with van der Waals surface area (Å²) in [7, 11) is -4.15.